The van der Waals surface area contributed by atoms with Crippen molar-refractivity contribution in [2.75, 3.05) is 17.8 Å². The molecule has 10 heteroatoms. The quantitative estimate of drug-likeness (QED) is 0.567. The molecule has 32 heavy (non-hydrogen) atoms. The molecule has 0 aliphatic carbocycles. The first-order chi connectivity index (χ1) is 15.0. The van der Waals surface area contributed by atoms with E-state index < -0.39 is 22.6 Å². The molecule has 6 nitrogen and oxygen atoms in total. The Labute approximate surface area is 182 Å². The minimum Gasteiger partial charge on any atom is -0.483 e. The summed E-state index contributed by atoms with van der Waals surface area (Å²) in [5.41, 5.74) is 2.10. The number of hydrogen-bond donors (Lipinski definition) is 0. The number of carbonyl (C=O) groups excluding carboxylic acids is 1. The van der Waals surface area contributed by atoms with E-state index in [0.717, 1.165) is 6.26 Å². The molecular weight excluding hydrogens is 445 g/mol. The van der Waals surface area contributed by atoms with E-state index in [-0.39, 0.29) is 23.1 Å². The van der Waals surface area contributed by atoms with E-state index in [1.807, 2.05) is 0 Å². The topological polar surface area (TPSA) is 76.6 Å². The largest absolute Gasteiger partial charge is 0.483 e. The fourth-order valence-corrected chi connectivity index (χ4v) is 4.12. The second kappa shape index (κ2) is 7.94. The summed E-state index contributed by atoms with van der Waals surface area (Å²) >= 11 is 0. The molecule has 2 aromatic carbocycles. The van der Waals surface area contributed by atoms with E-state index in [0.29, 0.717) is 28.1 Å². The summed E-state index contributed by atoms with van der Waals surface area (Å²) in [6.07, 6.45) is -1.98. The zero-order valence-corrected chi connectivity index (χ0v) is 17.6. The van der Waals surface area contributed by atoms with E-state index in [9.17, 15) is 26.4 Å². The highest BCUT2D eigenvalue weighted by molar-refractivity contribution is 7.90. The standard InChI is InChI=1S/C22H17F3N2O4S/c1-32(29,30)15-8-6-14(7-9-15)27-12-18-16(21(27)28)10-11-26-20(18)17-4-2-3-5-19(17)31-13-22(23,24)25/h2-11H,12-13H2,1H3. The molecular formula is C22H17F3N2O4S. The number of rotatable bonds is 5. The SMILES string of the molecule is CS(=O)(=O)c1ccc(N2Cc3c(ccnc3-c3ccccc3OCC(F)(F)F)C2=O)cc1. The number of amides is 1. The summed E-state index contributed by atoms with van der Waals surface area (Å²) in [7, 11) is -3.38. The summed E-state index contributed by atoms with van der Waals surface area (Å²) in [6, 6.07) is 13.7. The number of carbonyl (C=O) groups is 1. The van der Waals surface area contributed by atoms with E-state index in [4.69, 9.17) is 4.74 Å². The number of alkyl halides is 3. The Morgan fingerprint density at radius 2 is 1.72 bits per heavy atom. The molecule has 0 unspecified atom stereocenters. The van der Waals surface area contributed by atoms with Crippen LogP contribution in [0.1, 0.15) is 15.9 Å². The van der Waals surface area contributed by atoms with Crippen LogP contribution in [0.4, 0.5) is 18.9 Å². The summed E-state index contributed by atoms with van der Waals surface area (Å²) in [5.74, 6) is -0.307. The van der Waals surface area contributed by atoms with Crippen LogP contribution in [0.25, 0.3) is 11.3 Å². The maximum absolute atomic E-state index is 13.0. The number of sulfone groups is 1. The Hall–Kier alpha value is -3.40. The Bertz CT molecular complexity index is 1290. The molecule has 3 aromatic rings. The molecule has 4 rings (SSSR count). The third-order valence-electron chi connectivity index (χ3n) is 4.96. The van der Waals surface area contributed by atoms with Gasteiger partial charge in [-0.15, -0.1) is 0 Å². The lowest BCUT2D eigenvalue weighted by molar-refractivity contribution is -0.153. The third-order valence-corrected chi connectivity index (χ3v) is 6.09. The molecule has 1 aromatic heterocycles. The van der Waals surface area contributed by atoms with Gasteiger partial charge in [-0.2, -0.15) is 13.2 Å². The number of aromatic nitrogens is 1. The van der Waals surface area contributed by atoms with Gasteiger partial charge in [-0.05, 0) is 42.5 Å². The number of benzene rings is 2. The highest BCUT2D eigenvalue weighted by atomic mass is 32.2. The molecule has 0 bridgehead atoms. The number of fused-ring (bicyclic) bond motifs is 1. The van der Waals surface area contributed by atoms with E-state index in [1.165, 1.54) is 41.4 Å². The van der Waals surface area contributed by atoms with Crippen molar-refractivity contribution >= 4 is 21.4 Å². The van der Waals surface area contributed by atoms with Crippen LogP contribution in [0.3, 0.4) is 0 Å². The molecule has 166 valence electrons. The Morgan fingerprint density at radius 3 is 2.38 bits per heavy atom. The van der Waals surface area contributed by atoms with Gasteiger partial charge < -0.3 is 9.64 Å². The summed E-state index contributed by atoms with van der Waals surface area (Å²) in [6.45, 7) is -1.32. The number of pyridine rings is 1. The van der Waals surface area contributed by atoms with Crippen LogP contribution in [0, 0.1) is 0 Å². The third kappa shape index (κ3) is 4.31. The predicted molar refractivity (Wildman–Crippen MR) is 111 cm³/mol. The van der Waals surface area contributed by atoms with Crippen LogP contribution < -0.4 is 9.64 Å². The van der Waals surface area contributed by atoms with Crippen molar-refractivity contribution in [1.29, 1.82) is 0 Å². The first-order valence-corrected chi connectivity index (χ1v) is 11.3. The lowest BCUT2D eigenvalue weighted by Crippen LogP contribution is -2.22. The first kappa shape index (κ1) is 21.8. The Kier molecular flexibility index (Phi) is 5.41. The fourth-order valence-electron chi connectivity index (χ4n) is 3.49. The van der Waals surface area contributed by atoms with Gasteiger partial charge in [0.1, 0.15) is 5.75 Å². The molecule has 0 saturated carbocycles. The number of halogens is 3. The second-order valence-electron chi connectivity index (χ2n) is 7.24. The van der Waals surface area contributed by atoms with Crippen LogP contribution in [0.15, 0.2) is 65.7 Å². The zero-order valence-electron chi connectivity index (χ0n) is 16.8. The van der Waals surface area contributed by atoms with Crippen LogP contribution in [-0.2, 0) is 16.4 Å². The average molecular weight is 462 g/mol. The molecule has 0 atom stereocenters. The van der Waals surface area contributed by atoms with Gasteiger partial charge in [0.2, 0.25) is 0 Å². The van der Waals surface area contributed by atoms with Gasteiger partial charge in [-0.25, -0.2) is 8.42 Å². The molecule has 2 heterocycles. The maximum atomic E-state index is 13.0. The molecule has 1 amide bonds. The lowest BCUT2D eigenvalue weighted by atomic mass is 10.0. The van der Waals surface area contributed by atoms with Crippen LogP contribution in [-0.4, -0.2) is 38.3 Å². The van der Waals surface area contributed by atoms with Crippen molar-refractivity contribution in [3.63, 3.8) is 0 Å². The zero-order chi connectivity index (χ0) is 23.1. The molecule has 1 aliphatic rings. The molecule has 0 radical (unpaired) electrons. The number of para-hydroxylation sites is 1. The first-order valence-electron chi connectivity index (χ1n) is 9.43. The van der Waals surface area contributed by atoms with E-state index in [1.54, 1.807) is 24.3 Å². The van der Waals surface area contributed by atoms with Crippen molar-refractivity contribution in [1.82, 2.24) is 4.98 Å². The highest BCUT2D eigenvalue weighted by Gasteiger charge is 2.33. The van der Waals surface area contributed by atoms with Gasteiger partial charge in [0.05, 0.1) is 17.1 Å². The monoisotopic (exact) mass is 462 g/mol. The van der Waals surface area contributed by atoms with Crippen molar-refractivity contribution in [2.24, 2.45) is 0 Å². The fraction of sp³-hybridized carbons (Fsp3) is 0.182. The molecule has 0 spiro atoms. The predicted octanol–water partition coefficient (Wildman–Crippen LogP) is 4.25. The van der Waals surface area contributed by atoms with Crippen LogP contribution in [0.5, 0.6) is 5.75 Å². The van der Waals surface area contributed by atoms with Crippen LogP contribution in [0.2, 0.25) is 0 Å². The van der Waals surface area contributed by atoms with Gasteiger partial charge in [-0.1, -0.05) is 12.1 Å². The van der Waals surface area contributed by atoms with Gasteiger partial charge in [0, 0.05) is 34.8 Å². The second-order valence-corrected chi connectivity index (χ2v) is 9.26. The minimum atomic E-state index is -4.50. The summed E-state index contributed by atoms with van der Waals surface area (Å²) in [4.78, 5) is 18.9. The number of nitrogens with zero attached hydrogens (tertiary/aromatic N) is 2. The van der Waals surface area contributed by atoms with Gasteiger partial charge in [0.25, 0.3) is 5.91 Å². The van der Waals surface area contributed by atoms with Crippen LogP contribution >= 0.6 is 0 Å². The molecule has 0 N–H and O–H groups in total. The minimum absolute atomic E-state index is 0.00845. The Morgan fingerprint density at radius 1 is 1.03 bits per heavy atom. The van der Waals surface area contributed by atoms with Crippen molar-refractivity contribution in [3.8, 4) is 17.0 Å². The molecule has 0 fully saturated rings. The molecule has 1 aliphatic heterocycles. The number of anilines is 1. The van der Waals surface area contributed by atoms with E-state index in [2.05, 4.69) is 4.98 Å². The Balaban J connectivity index is 1.70. The highest BCUT2D eigenvalue weighted by Crippen LogP contribution is 2.38. The lowest BCUT2D eigenvalue weighted by Gasteiger charge is -2.16. The summed E-state index contributed by atoms with van der Waals surface area (Å²) in [5, 5.41) is 0. The van der Waals surface area contributed by atoms with Crippen molar-refractivity contribution < 1.29 is 31.1 Å². The van der Waals surface area contributed by atoms with Gasteiger partial charge in [-0.3, -0.25) is 9.78 Å². The smallest absolute Gasteiger partial charge is 0.422 e. The van der Waals surface area contributed by atoms with Gasteiger partial charge >= 0.3 is 6.18 Å². The van der Waals surface area contributed by atoms with Crippen molar-refractivity contribution in [3.05, 3.63) is 71.9 Å². The molecule has 0 saturated heterocycles. The summed E-state index contributed by atoms with van der Waals surface area (Å²) < 4.78 is 66.3. The number of ether oxygens (including phenoxy) is 1. The van der Waals surface area contributed by atoms with Gasteiger partial charge in [0.15, 0.2) is 16.4 Å². The van der Waals surface area contributed by atoms with E-state index >= 15 is 0 Å². The van der Waals surface area contributed by atoms with Crippen molar-refractivity contribution in [2.45, 2.75) is 17.6 Å². The number of hydrogen-bond acceptors (Lipinski definition) is 5. The normalized spacial score (nSPS) is 13.9. The average Bonchev–Trinajstić information content (AvgIpc) is 3.08. The maximum Gasteiger partial charge on any atom is 0.422 e.